The van der Waals surface area contributed by atoms with Gasteiger partial charge in [-0.2, -0.15) is 0 Å². The van der Waals surface area contributed by atoms with Crippen molar-refractivity contribution in [3.05, 3.63) is 89.1 Å². The highest BCUT2D eigenvalue weighted by atomic mass is 35.5. The smallest absolute Gasteiger partial charge is 0.211 e. The fourth-order valence-electron chi connectivity index (χ4n) is 5.55. The molecule has 0 bridgehead atoms. The zero-order valence-corrected chi connectivity index (χ0v) is 23.3. The summed E-state index contributed by atoms with van der Waals surface area (Å²) in [4.78, 5) is 13.7. The van der Waals surface area contributed by atoms with Gasteiger partial charge in [0.2, 0.25) is 5.78 Å². The average Bonchev–Trinajstić information content (AvgIpc) is 3.63. The molecular weight excluding hydrogens is 514 g/mol. The number of rotatable bonds is 9. The molecule has 0 spiro atoms. The number of hydrogen-bond donors (Lipinski definition) is 1. The van der Waals surface area contributed by atoms with Crippen molar-refractivity contribution in [3.8, 4) is 5.75 Å². The third kappa shape index (κ3) is 5.26. The first kappa shape index (κ1) is 26.5. The van der Waals surface area contributed by atoms with Gasteiger partial charge >= 0.3 is 0 Å². The van der Waals surface area contributed by atoms with Gasteiger partial charge in [-0.1, -0.05) is 30.3 Å². The lowest BCUT2D eigenvalue weighted by Crippen LogP contribution is -2.34. The van der Waals surface area contributed by atoms with Crippen molar-refractivity contribution in [1.29, 1.82) is 0 Å². The average molecular weight is 548 g/mol. The fraction of sp³-hybridized carbons (Fsp3) is 0.323. The van der Waals surface area contributed by atoms with E-state index < -0.39 is 0 Å². The van der Waals surface area contributed by atoms with Crippen molar-refractivity contribution >= 4 is 50.6 Å². The SMILES string of the molecule is CCn1c(C(=O)c2cn(CCCc3ccc(OC4CCNCC4)cc3)c3ccccc23)cc2sccc21.Cl. The number of ether oxygens (including phenoxy) is 1. The van der Waals surface area contributed by atoms with E-state index in [1.165, 1.54) is 10.3 Å². The van der Waals surface area contributed by atoms with Gasteiger partial charge in [0.25, 0.3) is 0 Å². The van der Waals surface area contributed by atoms with Gasteiger partial charge in [0.1, 0.15) is 11.9 Å². The van der Waals surface area contributed by atoms with E-state index >= 15 is 0 Å². The van der Waals surface area contributed by atoms with Crippen LogP contribution in [0.3, 0.4) is 0 Å². The summed E-state index contributed by atoms with van der Waals surface area (Å²) in [6.07, 6.45) is 6.51. The lowest BCUT2D eigenvalue weighted by molar-refractivity contribution is 0.103. The van der Waals surface area contributed by atoms with Crippen LogP contribution in [0.1, 0.15) is 47.8 Å². The summed E-state index contributed by atoms with van der Waals surface area (Å²) in [7, 11) is 0. The van der Waals surface area contributed by atoms with Crippen molar-refractivity contribution < 1.29 is 9.53 Å². The molecule has 1 N–H and O–H groups in total. The zero-order chi connectivity index (χ0) is 25.2. The van der Waals surface area contributed by atoms with Crippen molar-refractivity contribution in [2.24, 2.45) is 0 Å². The van der Waals surface area contributed by atoms with Crippen LogP contribution in [0.25, 0.3) is 21.1 Å². The number of halogens is 1. The van der Waals surface area contributed by atoms with Crippen LogP contribution >= 0.6 is 23.7 Å². The van der Waals surface area contributed by atoms with Crippen molar-refractivity contribution in [3.63, 3.8) is 0 Å². The molecule has 6 rings (SSSR count). The highest BCUT2D eigenvalue weighted by Crippen LogP contribution is 2.30. The van der Waals surface area contributed by atoms with Crippen LogP contribution in [0, 0.1) is 0 Å². The second-order valence-corrected chi connectivity index (χ2v) is 10.8. The summed E-state index contributed by atoms with van der Waals surface area (Å²) in [5.41, 5.74) is 5.14. The number of carbonyl (C=O) groups excluding carboxylic acids is 1. The molecule has 0 amide bonds. The highest BCUT2D eigenvalue weighted by Gasteiger charge is 2.21. The lowest BCUT2D eigenvalue weighted by Gasteiger charge is -2.23. The Hall–Kier alpha value is -3.06. The Balaban J connectivity index is 0.00000294. The maximum Gasteiger partial charge on any atom is 0.211 e. The molecule has 0 unspecified atom stereocenters. The topological polar surface area (TPSA) is 48.2 Å². The van der Waals surface area contributed by atoms with Gasteiger partial charge in [0.15, 0.2) is 0 Å². The van der Waals surface area contributed by atoms with Gasteiger partial charge in [-0.05, 0) is 87.0 Å². The maximum atomic E-state index is 13.7. The molecular formula is C31H34ClN3O2S. The van der Waals surface area contributed by atoms with Gasteiger partial charge in [0.05, 0.1) is 15.9 Å². The summed E-state index contributed by atoms with van der Waals surface area (Å²) < 4.78 is 11.7. The number of benzene rings is 2. The molecule has 4 heterocycles. The normalized spacial score (nSPS) is 14.1. The van der Waals surface area contributed by atoms with E-state index in [4.69, 9.17) is 4.74 Å². The van der Waals surface area contributed by atoms with Gasteiger partial charge in [0, 0.05) is 35.8 Å². The van der Waals surface area contributed by atoms with Crippen LogP contribution in [-0.2, 0) is 19.5 Å². The quantitative estimate of drug-likeness (QED) is 0.200. The van der Waals surface area contributed by atoms with Crippen molar-refractivity contribution in [2.45, 2.75) is 51.8 Å². The van der Waals surface area contributed by atoms with Gasteiger partial charge < -0.3 is 19.2 Å². The molecule has 0 saturated carbocycles. The molecule has 1 saturated heterocycles. The Morgan fingerprint density at radius 3 is 2.63 bits per heavy atom. The Bertz CT molecular complexity index is 1530. The molecule has 3 aromatic heterocycles. The van der Waals surface area contributed by atoms with E-state index in [0.717, 1.165) is 85.3 Å². The van der Waals surface area contributed by atoms with E-state index in [2.05, 4.69) is 87.5 Å². The van der Waals surface area contributed by atoms with Crippen LogP contribution in [0.4, 0.5) is 0 Å². The number of carbonyl (C=O) groups is 1. The van der Waals surface area contributed by atoms with E-state index in [-0.39, 0.29) is 18.2 Å². The number of aromatic nitrogens is 2. The number of nitrogens with one attached hydrogen (secondary N) is 1. The molecule has 0 atom stereocenters. The Labute approximate surface area is 233 Å². The van der Waals surface area contributed by atoms with Crippen LogP contribution < -0.4 is 10.1 Å². The summed E-state index contributed by atoms with van der Waals surface area (Å²) in [6, 6.07) is 21.0. The molecule has 0 aliphatic carbocycles. The Kier molecular flexibility index (Phi) is 8.22. The maximum absolute atomic E-state index is 13.7. The van der Waals surface area contributed by atoms with E-state index in [0.29, 0.717) is 6.10 Å². The summed E-state index contributed by atoms with van der Waals surface area (Å²) >= 11 is 1.69. The molecule has 0 radical (unpaired) electrons. The summed E-state index contributed by atoms with van der Waals surface area (Å²) in [5.74, 6) is 1.07. The predicted molar refractivity (Wildman–Crippen MR) is 159 cm³/mol. The number of aryl methyl sites for hydroxylation is 3. The predicted octanol–water partition coefficient (Wildman–Crippen LogP) is 7.09. The Morgan fingerprint density at radius 1 is 1.05 bits per heavy atom. The standard InChI is InChI=1S/C31H33N3O2S.ClH/c1-2-34-28-15-19-37-30(28)20-29(34)31(35)26-21-33(27-8-4-3-7-25(26)27)18-5-6-22-9-11-23(12-10-22)36-24-13-16-32-17-14-24;/h3-4,7-12,15,19-21,24,32H,2,5-6,13-14,16-18H2,1H3;1H. The summed E-state index contributed by atoms with van der Waals surface area (Å²) in [6.45, 7) is 5.82. The zero-order valence-electron chi connectivity index (χ0n) is 21.7. The molecule has 7 heteroatoms. The molecule has 5 nitrogen and oxygen atoms in total. The largest absolute Gasteiger partial charge is 0.490 e. The van der Waals surface area contributed by atoms with E-state index in [1.54, 1.807) is 11.3 Å². The number of thiophene rings is 1. The number of ketones is 1. The minimum absolute atomic E-state index is 0. The Morgan fingerprint density at radius 2 is 1.84 bits per heavy atom. The number of para-hydroxylation sites is 1. The monoisotopic (exact) mass is 547 g/mol. The number of hydrogen-bond acceptors (Lipinski definition) is 4. The number of piperidine rings is 1. The fourth-order valence-corrected chi connectivity index (χ4v) is 6.37. The minimum atomic E-state index is 0. The van der Waals surface area contributed by atoms with Gasteiger partial charge in [-0.25, -0.2) is 0 Å². The van der Waals surface area contributed by atoms with E-state index in [1.807, 2.05) is 6.07 Å². The van der Waals surface area contributed by atoms with Crippen LogP contribution in [0.2, 0.25) is 0 Å². The second kappa shape index (κ2) is 11.8. The van der Waals surface area contributed by atoms with Crippen LogP contribution in [-0.4, -0.2) is 34.1 Å². The summed E-state index contributed by atoms with van der Waals surface area (Å²) in [5, 5.41) is 6.50. The first-order chi connectivity index (χ1) is 18.2. The van der Waals surface area contributed by atoms with Gasteiger partial charge in [-0.3, -0.25) is 4.79 Å². The number of nitrogens with zero attached hydrogens (tertiary/aromatic N) is 2. The third-order valence-electron chi connectivity index (χ3n) is 7.48. The molecule has 1 fully saturated rings. The molecule has 198 valence electrons. The number of fused-ring (bicyclic) bond motifs is 2. The molecule has 38 heavy (non-hydrogen) atoms. The molecule has 5 aromatic rings. The minimum Gasteiger partial charge on any atom is -0.490 e. The first-order valence-corrected chi connectivity index (χ1v) is 14.2. The lowest BCUT2D eigenvalue weighted by atomic mass is 10.1. The molecule has 1 aliphatic rings. The van der Waals surface area contributed by atoms with Crippen LogP contribution in [0.15, 0.2) is 72.2 Å². The second-order valence-electron chi connectivity index (χ2n) is 9.84. The van der Waals surface area contributed by atoms with Crippen molar-refractivity contribution in [2.75, 3.05) is 13.1 Å². The third-order valence-corrected chi connectivity index (χ3v) is 8.33. The van der Waals surface area contributed by atoms with Crippen LogP contribution in [0.5, 0.6) is 5.75 Å². The van der Waals surface area contributed by atoms with Crippen molar-refractivity contribution in [1.82, 2.24) is 14.5 Å². The van der Waals surface area contributed by atoms with Gasteiger partial charge in [-0.15, -0.1) is 23.7 Å². The van der Waals surface area contributed by atoms with E-state index in [9.17, 15) is 4.79 Å². The first-order valence-electron chi connectivity index (χ1n) is 13.4. The molecule has 2 aromatic carbocycles. The highest BCUT2D eigenvalue weighted by molar-refractivity contribution is 7.17. The molecule has 1 aliphatic heterocycles.